The van der Waals surface area contributed by atoms with E-state index in [2.05, 4.69) is 23.8 Å². The van der Waals surface area contributed by atoms with Crippen LogP contribution in [-0.4, -0.2) is 16.0 Å². The first-order valence-corrected chi connectivity index (χ1v) is 6.22. The summed E-state index contributed by atoms with van der Waals surface area (Å²) in [5.41, 5.74) is 7.58. The van der Waals surface area contributed by atoms with Crippen LogP contribution in [0.2, 0.25) is 0 Å². The second-order valence-corrected chi connectivity index (χ2v) is 4.69. The van der Waals surface area contributed by atoms with Crippen LogP contribution in [0, 0.1) is 0 Å². The van der Waals surface area contributed by atoms with Crippen LogP contribution >= 0.6 is 0 Å². The van der Waals surface area contributed by atoms with E-state index in [4.69, 9.17) is 5.73 Å². The third-order valence-corrected chi connectivity index (χ3v) is 2.98. The van der Waals surface area contributed by atoms with Crippen LogP contribution in [0.25, 0.3) is 0 Å². The fourth-order valence-corrected chi connectivity index (χ4v) is 1.91. The second kappa shape index (κ2) is 5.56. The first-order chi connectivity index (χ1) is 9.08. The molecule has 2 aromatic rings. The molecule has 5 nitrogen and oxygen atoms in total. The lowest BCUT2D eigenvalue weighted by atomic mass is 10.1. The van der Waals surface area contributed by atoms with Crippen LogP contribution in [-0.2, 0) is 6.54 Å². The highest BCUT2D eigenvalue weighted by atomic mass is 16.1. The topological polar surface area (TPSA) is 75.0 Å². The summed E-state index contributed by atoms with van der Waals surface area (Å²) in [5.74, 6) is 0.655. The van der Waals surface area contributed by atoms with E-state index in [1.165, 1.54) is 12.4 Å². The van der Waals surface area contributed by atoms with Crippen molar-refractivity contribution in [3.63, 3.8) is 0 Å². The molecule has 0 unspecified atom stereocenters. The average molecular weight is 258 g/mol. The molecule has 0 aliphatic heterocycles. The van der Waals surface area contributed by atoms with Crippen LogP contribution in [0.3, 0.4) is 0 Å². The monoisotopic (exact) mass is 258 g/mol. The maximum atomic E-state index is 11.4. The summed E-state index contributed by atoms with van der Waals surface area (Å²) >= 11 is 0. The molecule has 0 aliphatic carbocycles. The predicted molar refractivity (Wildman–Crippen MR) is 77.0 cm³/mol. The molecule has 0 saturated carbocycles. The van der Waals surface area contributed by atoms with Crippen LogP contribution in [0.15, 0.2) is 41.5 Å². The Kier molecular flexibility index (Phi) is 3.85. The molecule has 2 rings (SSSR count). The van der Waals surface area contributed by atoms with Crippen molar-refractivity contribution in [3.05, 3.63) is 52.6 Å². The Morgan fingerprint density at radius 3 is 2.74 bits per heavy atom. The molecular weight excluding hydrogens is 240 g/mol. The van der Waals surface area contributed by atoms with Gasteiger partial charge in [-0.3, -0.25) is 4.79 Å². The summed E-state index contributed by atoms with van der Waals surface area (Å²) in [4.78, 5) is 20.2. The van der Waals surface area contributed by atoms with E-state index in [9.17, 15) is 4.79 Å². The molecule has 3 N–H and O–H groups in total. The Bertz CT molecular complexity index is 606. The number of nitrogens with two attached hydrogens (primary N) is 1. The molecule has 1 aromatic carbocycles. The smallest absolute Gasteiger partial charge is 0.252 e. The van der Waals surface area contributed by atoms with E-state index in [1.54, 1.807) is 0 Å². The van der Waals surface area contributed by atoms with Gasteiger partial charge < -0.3 is 15.6 Å². The second-order valence-electron chi connectivity index (χ2n) is 4.69. The number of H-pyrrole nitrogens is 1. The molecular formula is C14H18N4O. The maximum Gasteiger partial charge on any atom is 0.252 e. The van der Waals surface area contributed by atoms with Crippen molar-refractivity contribution >= 4 is 11.5 Å². The molecule has 1 heterocycles. The summed E-state index contributed by atoms with van der Waals surface area (Å²) in [6.07, 6.45) is 1.42. The van der Waals surface area contributed by atoms with Crippen molar-refractivity contribution in [2.45, 2.75) is 26.4 Å². The highest BCUT2D eigenvalue weighted by Crippen LogP contribution is 2.19. The fraction of sp³-hybridized carbons (Fsp3) is 0.286. The molecule has 5 heteroatoms. The molecule has 0 spiro atoms. The lowest BCUT2D eigenvalue weighted by Crippen LogP contribution is -2.32. The number of hydrogen-bond donors (Lipinski definition) is 2. The molecule has 0 aliphatic rings. The molecule has 0 atom stereocenters. The third kappa shape index (κ3) is 3.13. The fourth-order valence-electron chi connectivity index (χ4n) is 1.91. The number of rotatable bonds is 4. The predicted octanol–water partition coefficient (Wildman–Crippen LogP) is 1.77. The number of aromatic amines is 1. The average Bonchev–Trinajstić information content (AvgIpc) is 2.37. The number of aromatic nitrogens is 2. The summed E-state index contributed by atoms with van der Waals surface area (Å²) < 4.78 is 0. The number of benzene rings is 1. The zero-order valence-corrected chi connectivity index (χ0v) is 11.1. The summed E-state index contributed by atoms with van der Waals surface area (Å²) in [6, 6.07) is 9.43. The summed E-state index contributed by atoms with van der Waals surface area (Å²) in [6.45, 7) is 4.74. The van der Waals surface area contributed by atoms with Gasteiger partial charge in [0.2, 0.25) is 0 Å². The van der Waals surface area contributed by atoms with E-state index in [1.807, 2.05) is 29.2 Å². The first kappa shape index (κ1) is 13.1. The minimum atomic E-state index is -0.156. The molecule has 100 valence electrons. The molecule has 1 aromatic heterocycles. The zero-order chi connectivity index (χ0) is 13.8. The molecule has 0 amide bonds. The number of para-hydroxylation sites is 1. The molecule has 0 saturated heterocycles. The van der Waals surface area contributed by atoms with E-state index >= 15 is 0 Å². The molecule has 0 fully saturated rings. The number of anilines is 2. The largest absolute Gasteiger partial charge is 0.398 e. The van der Waals surface area contributed by atoms with Crippen LogP contribution in [0.5, 0.6) is 0 Å². The van der Waals surface area contributed by atoms with Gasteiger partial charge in [0.05, 0.1) is 6.33 Å². The van der Waals surface area contributed by atoms with Gasteiger partial charge in [0, 0.05) is 24.3 Å². The highest BCUT2D eigenvalue weighted by Gasteiger charge is 2.14. The zero-order valence-electron chi connectivity index (χ0n) is 11.1. The van der Waals surface area contributed by atoms with Crippen LogP contribution < -0.4 is 16.2 Å². The quantitative estimate of drug-likeness (QED) is 0.819. The minimum absolute atomic E-state index is 0.156. The van der Waals surface area contributed by atoms with Crippen LogP contribution in [0.1, 0.15) is 19.4 Å². The Hall–Kier alpha value is -2.30. The Labute approximate surface area is 112 Å². The van der Waals surface area contributed by atoms with Gasteiger partial charge in [-0.1, -0.05) is 18.2 Å². The van der Waals surface area contributed by atoms with Gasteiger partial charge in [-0.2, -0.15) is 0 Å². The number of nitrogens with zero attached hydrogens (tertiary/aromatic N) is 2. The van der Waals surface area contributed by atoms with Crippen molar-refractivity contribution < 1.29 is 0 Å². The van der Waals surface area contributed by atoms with E-state index < -0.39 is 0 Å². The van der Waals surface area contributed by atoms with Crippen molar-refractivity contribution in [1.82, 2.24) is 9.97 Å². The van der Waals surface area contributed by atoms with Gasteiger partial charge in [0.1, 0.15) is 5.82 Å². The van der Waals surface area contributed by atoms with Gasteiger partial charge in [-0.25, -0.2) is 4.98 Å². The lowest BCUT2D eigenvalue weighted by Gasteiger charge is -2.28. The number of nitrogen functional groups attached to an aromatic ring is 1. The molecule has 0 radical (unpaired) electrons. The summed E-state index contributed by atoms with van der Waals surface area (Å²) in [7, 11) is 0. The van der Waals surface area contributed by atoms with Crippen molar-refractivity contribution in [3.8, 4) is 0 Å². The molecule has 19 heavy (non-hydrogen) atoms. The van der Waals surface area contributed by atoms with Crippen molar-refractivity contribution in [2.24, 2.45) is 0 Å². The van der Waals surface area contributed by atoms with Gasteiger partial charge in [-0.15, -0.1) is 0 Å². The van der Waals surface area contributed by atoms with Crippen molar-refractivity contribution in [2.75, 3.05) is 10.6 Å². The maximum absolute atomic E-state index is 11.4. The number of hydrogen-bond acceptors (Lipinski definition) is 4. The summed E-state index contributed by atoms with van der Waals surface area (Å²) in [5, 5.41) is 0. The minimum Gasteiger partial charge on any atom is -0.398 e. The van der Waals surface area contributed by atoms with E-state index in [-0.39, 0.29) is 11.6 Å². The first-order valence-electron chi connectivity index (χ1n) is 6.22. The lowest BCUT2D eigenvalue weighted by molar-refractivity contribution is 0.671. The Balaban J connectivity index is 2.32. The SMILES string of the molecule is CC(C)N(Cc1ccccc1N)c1cc(=O)[nH]cn1. The normalized spacial score (nSPS) is 10.7. The Morgan fingerprint density at radius 2 is 2.11 bits per heavy atom. The van der Waals surface area contributed by atoms with E-state index in [0.29, 0.717) is 12.4 Å². The van der Waals surface area contributed by atoms with Gasteiger partial charge in [0.15, 0.2) is 0 Å². The standard InChI is InChI=1S/C14H18N4O/c1-10(2)18(13-7-14(19)17-9-16-13)8-11-5-3-4-6-12(11)15/h3-7,9-10H,8,15H2,1-2H3,(H,16,17,19). The third-order valence-electron chi connectivity index (χ3n) is 2.98. The van der Waals surface area contributed by atoms with Gasteiger partial charge >= 0.3 is 0 Å². The van der Waals surface area contributed by atoms with Gasteiger partial charge in [-0.05, 0) is 25.5 Å². The van der Waals surface area contributed by atoms with E-state index in [0.717, 1.165) is 11.3 Å². The Morgan fingerprint density at radius 1 is 1.37 bits per heavy atom. The molecule has 0 bridgehead atoms. The van der Waals surface area contributed by atoms with Crippen molar-refractivity contribution in [1.29, 1.82) is 0 Å². The highest BCUT2D eigenvalue weighted by molar-refractivity contribution is 5.49. The van der Waals surface area contributed by atoms with Crippen LogP contribution in [0.4, 0.5) is 11.5 Å². The van der Waals surface area contributed by atoms with Gasteiger partial charge in [0.25, 0.3) is 5.56 Å². The number of nitrogens with one attached hydrogen (secondary N) is 1.